The minimum atomic E-state index is -4.80. The van der Waals surface area contributed by atoms with E-state index < -0.39 is 35.9 Å². The van der Waals surface area contributed by atoms with E-state index in [0.717, 1.165) is 6.07 Å². The van der Waals surface area contributed by atoms with Crippen LogP contribution in [0.1, 0.15) is 5.56 Å². The van der Waals surface area contributed by atoms with Crippen LogP contribution in [0.4, 0.5) is 22.0 Å². The maximum Gasteiger partial charge on any atom is 0.364 e. The fraction of sp³-hybridized carbons (Fsp3) is 0.300. The fourth-order valence-corrected chi connectivity index (χ4v) is 1.33. The van der Waals surface area contributed by atoms with Gasteiger partial charge in [0.15, 0.2) is 0 Å². The lowest BCUT2D eigenvalue weighted by Gasteiger charge is -2.14. The van der Waals surface area contributed by atoms with Gasteiger partial charge >= 0.3 is 12.3 Å². The van der Waals surface area contributed by atoms with Gasteiger partial charge in [0.1, 0.15) is 5.82 Å². The molecule has 0 heterocycles. The lowest BCUT2D eigenvalue weighted by Crippen LogP contribution is -2.37. The number of hydrogen-bond donors (Lipinski definition) is 0. The minimum absolute atomic E-state index is 0.261. The van der Waals surface area contributed by atoms with Crippen molar-refractivity contribution < 1.29 is 26.7 Å². The Morgan fingerprint density at radius 2 is 1.94 bits per heavy atom. The Hall–Kier alpha value is -1.17. The van der Waals surface area contributed by atoms with Crippen LogP contribution in [0.15, 0.2) is 18.2 Å². The first-order chi connectivity index (χ1) is 7.76. The van der Waals surface area contributed by atoms with Crippen molar-refractivity contribution in [3.05, 3.63) is 34.6 Å². The molecule has 0 aliphatic carbocycles. The molecule has 0 unspecified atom stereocenters. The third-order valence-electron chi connectivity index (χ3n) is 2.04. The van der Waals surface area contributed by atoms with Crippen molar-refractivity contribution in [1.29, 1.82) is 0 Å². The van der Waals surface area contributed by atoms with E-state index in [1.165, 1.54) is 12.1 Å². The van der Waals surface area contributed by atoms with E-state index in [1.54, 1.807) is 0 Å². The number of benzene rings is 1. The van der Waals surface area contributed by atoms with Gasteiger partial charge in [0.2, 0.25) is 5.78 Å². The Balaban J connectivity index is 2.96. The Bertz CT molecular complexity index is 412. The smallest absolute Gasteiger partial charge is 0.292 e. The van der Waals surface area contributed by atoms with Crippen molar-refractivity contribution in [2.75, 3.05) is 0 Å². The molecule has 0 aliphatic rings. The average molecular weight is 273 g/mol. The summed E-state index contributed by atoms with van der Waals surface area (Å²) in [5.74, 6) is -7.86. The lowest BCUT2D eigenvalue weighted by atomic mass is 10.0. The first-order valence-corrected chi connectivity index (χ1v) is 4.76. The molecular formula is C10H6ClF5O. The van der Waals surface area contributed by atoms with Crippen LogP contribution < -0.4 is 0 Å². The monoisotopic (exact) mass is 272 g/mol. The number of Topliss-reactive ketones (excluding diaryl/α,β-unsaturated/α-hetero) is 1. The number of alkyl halides is 4. The standard InChI is InChI=1S/C10H6ClF5O/c11-6-2-1-3-7(12)5(6)4-8(17)10(15,16)9(13)14/h1-3,9H,4H2. The average Bonchev–Trinajstić information content (AvgIpc) is 2.23. The zero-order valence-electron chi connectivity index (χ0n) is 8.19. The third-order valence-corrected chi connectivity index (χ3v) is 2.40. The molecule has 0 spiro atoms. The number of carbonyl (C=O) groups excluding carboxylic acids is 1. The summed E-state index contributed by atoms with van der Waals surface area (Å²) in [6.45, 7) is 0. The Kier molecular flexibility index (Phi) is 4.08. The Morgan fingerprint density at radius 3 is 2.41 bits per heavy atom. The van der Waals surface area contributed by atoms with Crippen molar-refractivity contribution in [1.82, 2.24) is 0 Å². The first kappa shape index (κ1) is 13.9. The molecule has 1 aromatic rings. The largest absolute Gasteiger partial charge is 0.364 e. The highest BCUT2D eigenvalue weighted by atomic mass is 35.5. The molecule has 94 valence electrons. The Labute approximate surface area is 98.2 Å². The van der Waals surface area contributed by atoms with Crippen LogP contribution in [0, 0.1) is 5.82 Å². The van der Waals surface area contributed by atoms with E-state index in [4.69, 9.17) is 11.6 Å². The van der Waals surface area contributed by atoms with E-state index in [9.17, 15) is 26.7 Å². The van der Waals surface area contributed by atoms with Gasteiger partial charge in [-0.25, -0.2) is 13.2 Å². The molecule has 1 aromatic carbocycles. The molecule has 1 nitrogen and oxygen atoms in total. The number of halogens is 6. The topological polar surface area (TPSA) is 17.1 Å². The van der Waals surface area contributed by atoms with E-state index in [1.807, 2.05) is 0 Å². The molecule has 0 aromatic heterocycles. The van der Waals surface area contributed by atoms with Gasteiger partial charge in [-0.1, -0.05) is 17.7 Å². The summed E-state index contributed by atoms with van der Waals surface area (Å²) >= 11 is 5.48. The third kappa shape index (κ3) is 2.94. The van der Waals surface area contributed by atoms with E-state index in [2.05, 4.69) is 0 Å². The molecule has 0 saturated heterocycles. The summed E-state index contributed by atoms with van der Waals surface area (Å²) in [5, 5.41) is -0.261. The molecule has 0 radical (unpaired) electrons. The highest BCUT2D eigenvalue weighted by Crippen LogP contribution is 2.28. The van der Waals surface area contributed by atoms with Crippen LogP contribution in [-0.2, 0) is 11.2 Å². The highest BCUT2D eigenvalue weighted by molar-refractivity contribution is 6.31. The van der Waals surface area contributed by atoms with Gasteiger partial charge in [0, 0.05) is 17.0 Å². The molecule has 0 aliphatic heterocycles. The summed E-state index contributed by atoms with van der Waals surface area (Å²) in [4.78, 5) is 10.9. The lowest BCUT2D eigenvalue weighted by molar-refractivity contribution is -0.166. The van der Waals surface area contributed by atoms with Crippen molar-refractivity contribution in [2.45, 2.75) is 18.8 Å². The molecular weight excluding hydrogens is 267 g/mol. The molecule has 7 heteroatoms. The summed E-state index contributed by atoms with van der Waals surface area (Å²) in [6.07, 6.45) is -5.30. The Morgan fingerprint density at radius 1 is 1.35 bits per heavy atom. The zero-order chi connectivity index (χ0) is 13.2. The van der Waals surface area contributed by atoms with E-state index in [0.29, 0.717) is 0 Å². The van der Waals surface area contributed by atoms with Crippen molar-refractivity contribution in [3.63, 3.8) is 0 Å². The predicted molar refractivity (Wildman–Crippen MR) is 51.1 cm³/mol. The maximum atomic E-state index is 13.1. The number of rotatable bonds is 4. The van der Waals surface area contributed by atoms with E-state index >= 15 is 0 Å². The van der Waals surface area contributed by atoms with Crippen LogP contribution in [0.5, 0.6) is 0 Å². The van der Waals surface area contributed by atoms with Gasteiger partial charge in [-0.15, -0.1) is 0 Å². The van der Waals surface area contributed by atoms with Crippen LogP contribution in [-0.4, -0.2) is 18.1 Å². The van der Waals surface area contributed by atoms with Gasteiger partial charge in [0.25, 0.3) is 0 Å². The summed E-state index contributed by atoms with van der Waals surface area (Å²) in [5.41, 5.74) is -0.514. The first-order valence-electron chi connectivity index (χ1n) is 4.39. The number of carbonyl (C=O) groups is 1. The molecule has 0 fully saturated rings. The summed E-state index contributed by atoms with van der Waals surface area (Å²) in [7, 11) is 0. The van der Waals surface area contributed by atoms with Crippen LogP contribution >= 0.6 is 11.6 Å². The molecule has 17 heavy (non-hydrogen) atoms. The predicted octanol–water partition coefficient (Wildman–Crippen LogP) is 3.49. The van der Waals surface area contributed by atoms with E-state index in [-0.39, 0.29) is 5.02 Å². The van der Waals surface area contributed by atoms with Gasteiger partial charge in [-0.3, -0.25) is 4.79 Å². The number of ketones is 1. The fourth-order valence-electron chi connectivity index (χ4n) is 1.10. The number of hydrogen-bond acceptors (Lipinski definition) is 1. The van der Waals surface area contributed by atoms with Crippen LogP contribution in [0.25, 0.3) is 0 Å². The molecule has 0 N–H and O–H groups in total. The van der Waals surface area contributed by atoms with Gasteiger partial charge in [-0.2, -0.15) is 8.78 Å². The zero-order valence-corrected chi connectivity index (χ0v) is 8.95. The second-order valence-corrected chi connectivity index (χ2v) is 3.63. The summed E-state index contributed by atoms with van der Waals surface area (Å²) < 4.78 is 62.1. The van der Waals surface area contributed by atoms with Crippen LogP contribution in [0.3, 0.4) is 0 Å². The minimum Gasteiger partial charge on any atom is -0.292 e. The highest BCUT2D eigenvalue weighted by Gasteiger charge is 2.48. The molecule has 0 amide bonds. The van der Waals surface area contributed by atoms with Crippen molar-refractivity contribution in [2.24, 2.45) is 0 Å². The van der Waals surface area contributed by atoms with Crippen molar-refractivity contribution in [3.8, 4) is 0 Å². The molecule has 1 rings (SSSR count). The van der Waals surface area contributed by atoms with Gasteiger partial charge < -0.3 is 0 Å². The quantitative estimate of drug-likeness (QED) is 0.767. The second kappa shape index (κ2) is 5.00. The van der Waals surface area contributed by atoms with Gasteiger partial charge in [-0.05, 0) is 12.1 Å². The van der Waals surface area contributed by atoms with Gasteiger partial charge in [0.05, 0.1) is 0 Å². The SMILES string of the molecule is O=C(Cc1c(F)cccc1Cl)C(F)(F)C(F)F. The summed E-state index contributed by atoms with van der Waals surface area (Å²) in [6, 6.07) is 3.28. The second-order valence-electron chi connectivity index (χ2n) is 3.22. The molecule has 0 atom stereocenters. The molecule has 0 saturated carbocycles. The maximum absolute atomic E-state index is 13.1. The normalized spacial score (nSPS) is 11.9. The molecule has 0 bridgehead atoms. The van der Waals surface area contributed by atoms with Crippen molar-refractivity contribution >= 4 is 17.4 Å². The van der Waals surface area contributed by atoms with Crippen LogP contribution in [0.2, 0.25) is 5.02 Å².